The van der Waals surface area contributed by atoms with Crippen LogP contribution in [-0.2, 0) is 0 Å². The molecule has 2 aliphatic rings. The molecule has 0 aromatic carbocycles. The van der Waals surface area contributed by atoms with Crippen LogP contribution in [0.4, 0.5) is 0 Å². The first kappa shape index (κ1) is 10.9. The van der Waals surface area contributed by atoms with Gasteiger partial charge in [0.25, 0.3) is 0 Å². The molecular weight excluding hydrogens is 230 g/mol. The summed E-state index contributed by atoms with van der Waals surface area (Å²) < 4.78 is 2.55. The molecule has 0 bridgehead atoms. The Labute approximate surface area is 98.8 Å². The monoisotopic (exact) mass is 245 g/mol. The van der Waals surface area contributed by atoms with Crippen LogP contribution < -0.4 is 0 Å². The number of thiocarbonyl (C=S) groups is 1. The lowest BCUT2D eigenvalue weighted by molar-refractivity contribution is 0.352. The summed E-state index contributed by atoms with van der Waals surface area (Å²) in [4.78, 5) is 3.90. The van der Waals surface area contributed by atoms with Crippen LogP contribution in [0.2, 0.25) is 0 Å². The lowest BCUT2D eigenvalue weighted by atomic mass is 10.1. The molecule has 0 spiro atoms. The molecule has 0 aromatic rings. The van der Waals surface area contributed by atoms with Crippen molar-refractivity contribution >= 4 is 48.3 Å². The number of nitrogens with zero attached hydrogens (tertiary/aromatic N) is 1. The van der Waals surface area contributed by atoms with Gasteiger partial charge in [0.15, 0.2) is 0 Å². The summed E-state index contributed by atoms with van der Waals surface area (Å²) in [7, 11) is 1.91. The van der Waals surface area contributed by atoms with Crippen molar-refractivity contribution in [1.82, 2.24) is 4.90 Å². The minimum atomic E-state index is 1.09. The Morgan fingerprint density at radius 1 is 1.29 bits per heavy atom. The maximum absolute atomic E-state index is 5.34. The number of thioether (sulfide) groups is 1. The van der Waals surface area contributed by atoms with E-state index in [0.717, 1.165) is 10.6 Å². The van der Waals surface area contributed by atoms with Gasteiger partial charge in [-0.15, -0.1) is 10.9 Å². The van der Waals surface area contributed by atoms with Crippen LogP contribution in [0.1, 0.15) is 32.6 Å². The van der Waals surface area contributed by atoms with E-state index in [1.165, 1.54) is 41.5 Å². The Balaban J connectivity index is 2.11. The summed E-state index contributed by atoms with van der Waals surface area (Å²) in [5.41, 5.74) is 0. The second kappa shape index (κ2) is 4.92. The summed E-state index contributed by atoms with van der Waals surface area (Å²) >= 11 is 7.15. The maximum atomic E-state index is 5.34. The topological polar surface area (TPSA) is 3.24 Å². The van der Waals surface area contributed by atoms with Gasteiger partial charge in [0.05, 0.1) is 4.20 Å². The normalized spacial score (nSPS) is 24.2. The van der Waals surface area contributed by atoms with E-state index >= 15 is 0 Å². The standard InChI is InChI=1S/C10H15NS3/c1-2-8-9(12)14-10(13-8)11-6-4-3-5-7-11/h2-7H2,1H3. The molecular formula is C10H15NS3. The number of piperidine rings is 1. The summed E-state index contributed by atoms with van der Waals surface area (Å²) in [5, 5.41) is 0. The second-order valence-electron chi connectivity index (χ2n) is 3.58. The lowest BCUT2D eigenvalue weighted by Gasteiger charge is -2.25. The molecule has 78 valence electrons. The van der Waals surface area contributed by atoms with Gasteiger partial charge in [-0.3, -0.25) is 4.90 Å². The van der Waals surface area contributed by atoms with Crippen molar-refractivity contribution in [1.29, 1.82) is 0 Å². The Hall–Kier alpha value is 0.360. The molecule has 0 aliphatic carbocycles. The summed E-state index contributed by atoms with van der Waals surface area (Å²) in [6.07, 6.45) is 5.18. The SMILES string of the molecule is CCC1=S=C(N2CCCCC2)SC1=S. The van der Waals surface area contributed by atoms with Gasteiger partial charge >= 0.3 is 0 Å². The predicted molar refractivity (Wildman–Crippen MR) is 73.5 cm³/mol. The molecule has 1 fully saturated rings. The van der Waals surface area contributed by atoms with Crippen LogP contribution in [0.25, 0.3) is 0 Å². The average molecular weight is 245 g/mol. The van der Waals surface area contributed by atoms with Gasteiger partial charge in [-0.2, -0.15) is 0 Å². The number of hydrogen-bond donors (Lipinski definition) is 0. The highest BCUT2D eigenvalue weighted by molar-refractivity contribution is 8.46. The van der Waals surface area contributed by atoms with Crippen LogP contribution in [0.15, 0.2) is 0 Å². The fourth-order valence-corrected chi connectivity index (χ4v) is 4.84. The van der Waals surface area contributed by atoms with Crippen LogP contribution in [-0.4, -0.2) is 31.4 Å². The molecule has 2 heterocycles. The first-order valence-electron chi connectivity index (χ1n) is 5.19. The molecule has 0 N–H and O–H groups in total. The maximum Gasteiger partial charge on any atom is 0.111 e. The first-order chi connectivity index (χ1) is 6.81. The van der Waals surface area contributed by atoms with Crippen molar-refractivity contribution < 1.29 is 0 Å². The first-order valence-corrected chi connectivity index (χ1v) is 7.23. The molecule has 0 atom stereocenters. The smallest absolute Gasteiger partial charge is 0.111 e. The zero-order valence-corrected chi connectivity index (χ0v) is 10.9. The van der Waals surface area contributed by atoms with Crippen molar-refractivity contribution in [3.63, 3.8) is 0 Å². The molecule has 0 radical (unpaired) electrons. The highest BCUT2D eigenvalue weighted by Crippen LogP contribution is 2.25. The van der Waals surface area contributed by atoms with Gasteiger partial charge in [-0.25, -0.2) is 0 Å². The van der Waals surface area contributed by atoms with Crippen LogP contribution in [0.5, 0.6) is 0 Å². The van der Waals surface area contributed by atoms with Crippen molar-refractivity contribution in [3.05, 3.63) is 0 Å². The van der Waals surface area contributed by atoms with E-state index in [2.05, 4.69) is 11.8 Å². The lowest BCUT2D eigenvalue weighted by Crippen LogP contribution is -2.32. The molecule has 0 unspecified atom stereocenters. The molecule has 1 nitrogen and oxygen atoms in total. The van der Waals surface area contributed by atoms with Gasteiger partial charge in [0.1, 0.15) is 4.32 Å². The molecule has 4 heteroatoms. The van der Waals surface area contributed by atoms with E-state index in [-0.39, 0.29) is 0 Å². The van der Waals surface area contributed by atoms with Crippen molar-refractivity contribution in [2.24, 2.45) is 0 Å². The summed E-state index contributed by atoms with van der Waals surface area (Å²) in [6, 6.07) is 0. The third-order valence-corrected chi connectivity index (χ3v) is 5.85. The zero-order valence-electron chi connectivity index (χ0n) is 8.41. The molecule has 14 heavy (non-hydrogen) atoms. The molecule has 2 rings (SSSR count). The third-order valence-electron chi connectivity index (χ3n) is 2.55. The van der Waals surface area contributed by atoms with E-state index in [1.807, 2.05) is 10.9 Å². The van der Waals surface area contributed by atoms with Crippen LogP contribution in [0.3, 0.4) is 0 Å². The number of rotatable bonds is 1. The van der Waals surface area contributed by atoms with E-state index in [4.69, 9.17) is 12.2 Å². The van der Waals surface area contributed by atoms with E-state index in [1.54, 1.807) is 11.8 Å². The van der Waals surface area contributed by atoms with E-state index < -0.39 is 0 Å². The van der Waals surface area contributed by atoms with Gasteiger partial charge in [0.2, 0.25) is 0 Å². The van der Waals surface area contributed by atoms with Gasteiger partial charge in [0, 0.05) is 18.0 Å². The van der Waals surface area contributed by atoms with Crippen molar-refractivity contribution in [2.45, 2.75) is 32.6 Å². The van der Waals surface area contributed by atoms with Gasteiger partial charge in [-0.1, -0.05) is 37.3 Å². The molecule has 2 aliphatic heterocycles. The zero-order chi connectivity index (χ0) is 9.97. The average Bonchev–Trinajstić information content (AvgIpc) is 2.61. The minimum Gasteiger partial charge on any atom is -0.261 e. The fraction of sp³-hybridized carbons (Fsp3) is 0.700. The van der Waals surface area contributed by atoms with Crippen molar-refractivity contribution in [3.8, 4) is 0 Å². The van der Waals surface area contributed by atoms with E-state index in [0.29, 0.717) is 0 Å². The Morgan fingerprint density at radius 2 is 2.00 bits per heavy atom. The predicted octanol–water partition coefficient (Wildman–Crippen LogP) is 2.95. The Bertz CT molecular complexity index is 309. The summed E-state index contributed by atoms with van der Waals surface area (Å²) in [6.45, 7) is 4.65. The highest BCUT2D eigenvalue weighted by Gasteiger charge is 2.21. The highest BCUT2D eigenvalue weighted by atomic mass is 32.2. The Morgan fingerprint density at radius 3 is 2.57 bits per heavy atom. The van der Waals surface area contributed by atoms with Crippen LogP contribution in [0, 0.1) is 0 Å². The second-order valence-corrected chi connectivity index (χ2v) is 6.59. The molecule has 0 aromatic heterocycles. The minimum absolute atomic E-state index is 1.09. The largest absolute Gasteiger partial charge is 0.261 e. The van der Waals surface area contributed by atoms with Gasteiger partial charge < -0.3 is 0 Å². The van der Waals surface area contributed by atoms with Gasteiger partial charge in [-0.05, 0) is 19.3 Å². The molecule has 0 amide bonds. The molecule has 1 saturated heterocycles. The van der Waals surface area contributed by atoms with Crippen LogP contribution >= 0.6 is 34.9 Å². The summed E-state index contributed by atoms with van der Waals surface area (Å²) in [5.74, 6) is 0. The van der Waals surface area contributed by atoms with E-state index in [9.17, 15) is 0 Å². The number of hydrogen-bond acceptors (Lipinski definition) is 3. The number of likely N-dealkylation sites (tertiary alicyclic amines) is 1. The Kier molecular flexibility index (Phi) is 3.82. The van der Waals surface area contributed by atoms with Crippen molar-refractivity contribution in [2.75, 3.05) is 13.1 Å². The molecule has 0 saturated carbocycles. The quantitative estimate of drug-likeness (QED) is 0.654. The fourth-order valence-electron chi connectivity index (χ4n) is 1.73. The third kappa shape index (κ3) is 2.30.